The maximum absolute atomic E-state index is 12.8. The second-order valence-electron chi connectivity index (χ2n) is 12.1. The van der Waals surface area contributed by atoms with E-state index in [1.54, 1.807) is 11.3 Å². The minimum Gasteiger partial charge on any atom is -0.341 e. The number of amides is 1. The van der Waals surface area contributed by atoms with E-state index < -0.39 is 0 Å². The summed E-state index contributed by atoms with van der Waals surface area (Å²) >= 11 is 1.74. The largest absolute Gasteiger partial charge is 0.341 e. The number of hydrogen-bond donors (Lipinski definition) is 0. The van der Waals surface area contributed by atoms with Crippen LogP contribution >= 0.6 is 11.3 Å². The Morgan fingerprint density at radius 2 is 1.57 bits per heavy atom. The summed E-state index contributed by atoms with van der Waals surface area (Å²) in [5.74, 6) is 0.563. The number of aromatic nitrogens is 3. The van der Waals surface area contributed by atoms with Crippen LogP contribution in [0, 0.1) is 13.8 Å². The highest BCUT2D eigenvalue weighted by atomic mass is 32.1. The van der Waals surface area contributed by atoms with Crippen molar-refractivity contribution in [2.24, 2.45) is 0 Å². The van der Waals surface area contributed by atoms with Crippen LogP contribution in [0.1, 0.15) is 88.5 Å². The van der Waals surface area contributed by atoms with Gasteiger partial charge >= 0.3 is 0 Å². The summed E-state index contributed by atoms with van der Waals surface area (Å²) in [6.45, 7) is 19.5. The average Bonchev–Trinajstić information content (AvgIpc) is 3.39. The van der Waals surface area contributed by atoms with E-state index in [2.05, 4.69) is 70.2 Å². The topological polar surface area (TPSA) is 51.0 Å². The number of piperidine rings is 1. The van der Waals surface area contributed by atoms with Gasteiger partial charge in [0.15, 0.2) is 0 Å². The quantitative estimate of drug-likeness (QED) is 0.411. The molecule has 4 rings (SSSR count). The van der Waals surface area contributed by atoms with E-state index >= 15 is 0 Å². The number of nitrogens with zero attached hydrogens (tertiary/aromatic N) is 4. The Kier molecular flexibility index (Phi) is 6.98. The second kappa shape index (κ2) is 9.53. The van der Waals surface area contributed by atoms with Crippen molar-refractivity contribution in [1.82, 2.24) is 19.7 Å². The first-order chi connectivity index (χ1) is 16.3. The van der Waals surface area contributed by atoms with Gasteiger partial charge < -0.3 is 4.90 Å². The monoisotopic (exact) mass is 492 g/mol. The molecule has 35 heavy (non-hydrogen) atoms. The van der Waals surface area contributed by atoms with Gasteiger partial charge in [-0.25, -0.2) is 4.98 Å². The van der Waals surface area contributed by atoms with Gasteiger partial charge in [0.2, 0.25) is 5.91 Å². The lowest BCUT2D eigenvalue weighted by atomic mass is 9.79. The van der Waals surface area contributed by atoms with Crippen LogP contribution in [-0.2, 0) is 22.2 Å². The minimum absolute atomic E-state index is 0.0862. The molecule has 3 heterocycles. The molecule has 0 unspecified atom stereocenters. The smallest absolute Gasteiger partial charge is 0.244 e. The summed E-state index contributed by atoms with van der Waals surface area (Å²) in [7, 11) is 0. The van der Waals surface area contributed by atoms with E-state index in [4.69, 9.17) is 4.98 Å². The van der Waals surface area contributed by atoms with Gasteiger partial charge in [0, 0.05) is 35.6 Å². The molecule has 0 bridgehead atoms. The molecule has 3 aromatic rings. The number of thiazole rings is 1. The van der Waals surface area contributed by atoms with E-state index in [0.29, 0.717) is 12.5 Å². The van der Waals surface area contributed by atoms with Gasteiger partial charge in [-0.15, -0.1) is 11.3 Å². The van der Waals surface area contributed by atoms with Crippen molar-refractivity contribution in [1.29, 1.82) is 0 Å². The Morgan fingerprint density at radius 1 is 0.971 bits per heavy atom. The molecule has 1 fully saturated rings. The standard InChI is InChI=1S/C29H40N4OS/c1-19-13-20(2)33(31-19)17-26(34)32-11-9-21(10-12-32)25-18-35-27(30-25)22-14-23(28(3,4)5)16-24(15-22)29(6,7)8/h13-16,18,21H,9-12,17H2,1-8H3. The average molecular weight is 493 g/mol. The van der Waals surface area contributed by atoms with Crippen LogP contribution in [0.25, 0.3) is 10.6 Å². The van der Waals surface area contributed by atoms with Crippen LogP contribution in [0.2, 0.25) is 0 Å². The van der Waals surface area contributed by atoms with E-state index in [1.165, 1.54) is 22.4 Å². The van der Waals surface area contributed by atoms with Gasteiger partial charge in [-0.3, -0.25) is 9.48 Å². The molecule has 6 heteroatoms. The van der Waals surface area contributed by atoms with Gasteiger partial charge in [-0.2, -0.15) is 5.10 Å². The molecule has 188 valence electrons. The summed E-state index contributed by atoms with van der Waals surface area (Å²) in [5.41, 5.74) is 7.26. The van der Waals surface area contributed by atoms with Crippen LogP contribution in [0.15, 0.2) is 29.6 Å². The molecular weight excluding hydrogens is 452 g/mol. The Morgan fingerprint density at radius 3 is 2.09 bits per heavy atom. The summed E-state index contributed by atoms with van der Waals surface area (Å²) in [4.78, 5) is 19.9. The molecular formula is C29H40N4OS. The fourth-order valence-electron chi connectivity index (χ4n) is 4.71. The lowest BCUT2D eigenvalue weighted by Gasteiger charge is -2.31. The van der Waals surface area contributed by atoms with Crippen molar-refractivity contribution in [2.45, 2.75) is 91.5 Å². The van der Waals surface area contributed by atoms with Crippen molar-refractivity contribution < 1.29 is 4.79 Å². The van der Waals surface area contributed by atoms with Gasteiger partial charge in [0.25, 0.3) is 0 Å². The normalized spacial score (nSPS) is 15.6. The molecule has 0 spiro atoms. The Hall–Kier alpha value is -2.47. The minimum atomic E-state index is 0.0862. The molecule has 0 atom stereocenters. The zero-order chi connectivity index (χ0) is 25.5. The third-order valence-corrected chi connectivity index (χ3v) is 8.00. The summed E-state index contributed by atoms with van der Waals surface area (Å²) in [5, 5.41) is 7.77. The van der Waals surface area contributed by atoms with Crippen molar-refractivity contribution in [3.63, 3.8) is 0 Å². The predicted molar refractivity (Wildman–Crippen MR) is 145 cm³/mol. The Bertz CT molecular complexity index is 1170. The number of benzene rings is 1. The first-order valence-electron chi connectivity index (χ1n) is 12.7. The molecule has 5 nitrogen and oxygen atoms in total. The lowest BCUT2D eigenvalue weighted by molar-refractivity contribution is -0.133. The fraction of sp³-hybridized carbons (Fsp3) is 0.552. The highest BCUT2D eigenvalue weighted by Gasteiger charge is 2.27. The predicted octanol–water partition coefficient (Wildman–Crippen LogP) is 6.62. The number of likely N-dealkylation sites (tertiary alicyclic amines) is 1. The van der Waals surface area contributed by atoms with Crippen LogP contribution in [0.4, 0.5) is 0 Å². The number of hydrogen-bond acceptors (Lipinski definition) is 4. The van der Waals surface area contributed by atoms with E-state index in [9.17, 15) is 4.79 Å². The Labute approximate surface area is 214 Å². The molecule has 1 saturated heterocycles. The van der Waals surface area contributed by atoms with E-state index in [1.807, 2.05) is 29.5 Å². The zero-order valence-electron chi connectivity index (χ0n) is 22.6. The summed E-state index contributed by atoms with van der Waals surface area (Å²) in [6, 6.07) is 9.01. The van der Waals surface area contributed by atoms with Crippen molar-refractivity contribution in [2.75, 3.05) is 13.1 Å². The van der Waals surface area contributed by atoms with Crippen LogP contribution in [-0.4, -0.2) is 38.7 Å². The van der Waals surface area contributed by atoms with Gasteiger partial charge in [-0.1, -0.05) is 47.6 Å². The number of carbonyl (C=O) groups excluding carboxylic acids is 1. The van der Waals surface area contributed by atoms with Crippen molar-refractivity contribution in [3.8, 4) is 10.6 Å². The molecule has 2 aromatic heterocycles. The molecule has 1 amide bonds. The van der Waals surface area contributed by atoms with Crippen LogP contribution in [0.5, 0.6) is 0 Å². The Balaban J connectivity index is 1.46. The van der Waals surface area contributed by atoms with Gasteiger partial charge in [-0.05, 0) is 66.8 Å². The fourth-order valence-corrected chi connectivity index (χ4v) is 5.60. The van der Waals surface area contributed by atoms with Crippen LogP contribution in [0.3, 0.4) is 0 Å². The van der Waals surface area contributed by atoms with Crippen molar-refractivity contribution >= 4 is 17.2 Å². The molecule has 1 aliphatic heterocycles. The third-order valence-electron chi connectivity index (χ3n) is 7.09. The van der Waals surface area contributed by atoms with Gasteiger partial charge in [0.1, 0.15) is 11.6 Å². The van der Waals surface area contributed by atoms with Crippen molar-refractivity contribution in [3.05, 3.63) is 57.9 Å². The molecule has 0 saturated carbocycles. The molecule has 0 N–H and O–H groups in total. The summed E-state index contributed by atoms with van der Waals surface area (Å²) in [6.07, 6.45) is 1.92. The first kappa shape index (κ1) is 25.6. The SMILES string of the molecule is Cc1cc(C)n(CC(=O)N2CCC(c3csc(-c4cc(C(C)(C)C)cc(C(C)(C)C)c4)n3)CC2)n1. The van der Waals surface area contributed by atoms with Crippen LogP contribution < -0.4 is 0 Å². The highest BCUT2D eigenvalue weighted by molar-refractivity contribution is 7.13. The zero-order valence-corrected chi connectivity index (χ0v) is 23.4. The maximum Gasteiger partial charge on any atom is 0.244 e. The first-order valence-corrected chi connectivity index (χ1v) is 13.6. The molecule has 0 aliphatic carbocycles. The number of aryl methyl sites for hydroxylation is 2. The second-order valence-corrected chi connectivity index (χ2v) is 13.0. The maximum atomic E-state index is 12.8. The van der Waals surface area contributed by atoms with E-state index in [0.717, 1.165) is 42.3 Å². The third kappa shape index (κ3) is 5.85. The molecule has 1 aliphatic rings. The molecule has 1 aromatic carbocycles. The number of rotatable bonds is 4. The highest BCUT2D eigenvalue weighted by Crippen LogP contribution is 2.37. The van der Waals surface area contributed by atoms with E-state index in [-0.39, 0.29) is 16.7 Å². The number of carbonyl (C=O) groups is 1. The lowest BCUT2D eigenvalue weighted by Crippen LogP contribution is -2.40. The summed E-state index contributed by atoms with van der Waals surface area (Å²) < 4.78 is 1.81. The molecule has 0 radical (unpaired) electrons. The van der Waals surface area contributed by atoms with Gasteiger partial charge in [0.05, 0.1) is 11.4 Å².